The van der Waals surface area contributed by atoms with E-state index in [9.17, 15) is 0 Å². The number of nitrogens with one attached hydrogen (secondary N) is 1. The fourth-order valence-electron chi connectivity index (χ4n) is 2.28. The summed E-state index contributed by atoms with van der Waals surface area (Å²) in [5.74, 6) is 1.02. The molecule has 2 heteroatoms. The Bertz CT molecular complexity index is 420. The zero-order valence-corrected chi connectivity index (χ0v) is 11.0. The van der Waals surface area contributed by atoms with Crippen LogP contribution < -0.4 is 11.1 Å². The minimum Gasteiger partial charge on any atom is -0.385 e. The highest BCUT2D eigenvalue weighted by Crippen LogP contribution is 2.30. The summed E-state index contributed by atoms with van der Waals surface area (Å²) >= 11 is 0. The van der Waals surface area contributed by atoms with Crippen molar-refractivity contribution in [1.29, 1.82) is 0 Å². The van der Waals surface area contributed by atoms with E-state index in [1.807, 2.05) is 0 Å². The van der Waals surface area contributed by atoms with Crippen LogP contribution in [0.5, 0.6) is 0 Å². The van der Waals surface area contributed by atoms with Gasteiger partial charge < -0.3 is 11.1 Å². The van der Waals surface area contributed by atoms with Gasteiger partial charge in [-0.2, -0.15) is 0 Å². The second kappa shape index (κ2) is 6.41. The van der Waals surface area contributed by atoms with E-state index in [0.29, 0.717) is 11.8 Å². The van der Waals surface area contributed by atoms with E-state index in [1.165, 1.54) is 11.3 Å². The van der Waals surface area contributed by atoms with Gasteiger partial charge in [0.05, 0.1) is 0 Å². The first kappa shape index (κ1) is 12.9. The van der Waals surface area contributed by atoms with Crippen LogP contribution >= 0.6 is 0 Å². The molecule has 2 rings (SSSR count). The third-order valence-electron chi connectivity index (χ3n) is 3.48. The predicted octanol–water partition coefficient (Wildman–Crippen LogP) is 2.80. The first-order chi connectivity index (χ1) is 8.81. The highest BCUT2D eigenvalue weighted by molar-refractivity contribution is 5.32. The number of allylic oxidation sites excluding steroid dienone is 3. The third kappa shape index (κ3) is 3.23. The number of benzene rings is 1. The van der Waals surface area contributed by atoms with Crippen LogP contribution in [0, 0.1) is 5.92 Å². The number of rotatable bonds is 6. The maximum absolute atomic E-state index is 5.49. The van der Waals surface area contributed by atoms with Crippen LogP contribution in [0.3, 0.4) is 0 Å². The molecule has 0 bridgehead atoms. The van der Waals surface area contributed by atoms with E-state index in [1.54, 1.807) is 0 Å². The second-order valence-electron chi connectivity index (χ2n) is 4.83. The van der Waals surface area contributed by atoms with Crippen molar-refractivity contribution < 1.29 is 0 Å². The lowest BCUT2D eigenvalue weighted by atomic mass is 9.89. The number of nitrogens with two attached hydrogens (primary N) is 1. The van der Waals surface area contributed by atoms with Gasteiger partial charge in [-0.25, -0.2) is 0 Å². The fraction of sp³-hybridized carbons (Fsp3) is 0.375. The van der Waals surface area contributed by atoms with Gasteiger partial charge in [0.2, 0.25) is 0 Å². The average molecular weight is 242 g/mol. The van der Waals surface area contributed by atoms with Gasteiger partial charge in [0, 0.05) is 18.2 Å². The maximum atomic E-state index is 5.49. The summed E-state index contributed by atoms with van der Waals surface area (Å²) in [6.45, 7) is 3.98. The smallest absolute Gasteiger partial charge is 0.0302 e. The molecule has 0 radical (unpaired) electrons. The van der Waals surface area contributed by atoms with E-state index >= 15 is 0 Å². The molecule has 0 aliphatic heterocycles. The minimum atomic E-state index is 0.493. The zero-order chi connectivity index (χ0) is 12.8. The van der Waals surface area contributed by atoms with Gasteiger partial charge in [-0.15, -0.1) is 0 Å². The number of hydrogen-bond acceptors (Lipinski definition) is 2. The molecule has 0 fully saturated rings. The molecule has 18 heavy (non-hydrogen) atoms. The van der Waals surface area contributed by atoms with E-state index in [4.69, 9.17) is 5.73 Å². The van der Waals surface area contributed by atoms with Crippen LogP contribution in [0.4, 0.5) is 0 Å². The molecule has 0 heterocycles. The molecule has 0 saturated carbocycles. The Morgan fingerprint density at radius 2 is 2.06 bits per heavy atom. The molecular weight excluding hydrogens is 220 g/mol. The molecule has 0 saturated heterocycles. The first-order valence-electron chi connectivity index (χ1n) is 6.70. The summed E-state index contributed by atoms with van der Waals surface area (Å²) in [6, 6.07) is 10.7. The summed E-state index contributed by atoms with van der Waals surface area (Å²) in [7, 11) is 0. The molecule has 2 unspecified atom stereocenters. The van der Waals surface area contributed by atoms with Crippen molar-refractivity contribution in [3.05, 3.63) is 59.8 Å². The molecule has 0 spiro atoms. The highest BCUT2D eigenvalue weighted by atomic mass is 14.9. The van der Waals surface area contributed by atoms with Crippen molar-refractivity contribution in [3.8, 4) is 0 Å². The van der Waals surface area contributed by atoms with E-state index in [0.717, 1.165) is 19.5 Å². The monoisotopic (exact) mass is 242 g/mol. The standard InChI is InChI=1S/C16H22N2/c1-13(14-6-3-2-4-7-14)15-8-9-16(12-15)18-11-5-10-17/h2-4,6-9,12-13,15,18H,5,10-11,17H2,1H3. The Morgan fingerprint density at radius 3 is 2.78 bits per heavy atom. The van der Waals surface area contributed by atoms with E-state index in [2.05, 4.69) is 60.8 Å². The van der Waals surface area contributed by atoms with Crippen molar-refractivity contribution in [2.75, 3.05) is 13.1 Å². The lowest BCUT2D eigenvalue weighted by Gasteiger charge is -2.16. The van der Waals surface area contributed by atoms with Gasteiger partial charge >= 0.3 is 0 Å². The summed E-state index contributed by atoms with van der Waals surface area (Å²) in [6.07, 6.45) is 7.79. The molecule has 2 nitrogen and oxygen atoms in total. The molecule has 3 N–H and O–H groups in total. The summed E-state index contributed by atoms with van der Waals surface area (Å²) in [5.41, 5.74) is 8.11. The molecular formula is C16H22N2. The molecule has 1 aromatic carbocycles. The Labute approximate surface area is 110 Å². The third-order valence-corrected chi connectivity index (χ3v) is 3.48. The van der Waals surface area contributed by atoms with Crippen molar-refractivity contribution in [2.24, 2.45) is 11.7 Å². The molecule has 96 valence electrons. The molecule has 1 aliphatic carbocycles. The topological polar surface area (TPSA) is 38.0 Å². The summed E-state index contributed by atoms with van der Waals surface area (Å²) in [4.78, 5) is 0. The summed E-state index contributed by atoms with van der Waals surface area (Å²) in [5, 5.41) is 3.41. The van der Waals surface area contributed by atoms with Gasteiger partial charge in [0.15, 0.2) is 0 Å². The van der Waals surface area contributed by atoms with Crippen LogP contribution in [0.1, 0.15) is 24.8 Å². The van der Waals surface area contributed by atoms with Crippen molar-refractivity contribution in [2.45, 2.75) is 19.3 Å². The van der Waals surface area contributed by atoms with Crippen LogP contribution in [0.15, 0.2) is 54.3 Å². The lowest BCUT2D eigenvalue weighted by Crippen LogP contribution is -2.16. The van der Waals surface area contributed by atoms with Gasteiger partial charge in [-0.05, 0) is 30.5 Å². The largest absolute Gasteiger partial charge is 0.385 e. The predicted molar refractivity (Wildman–Crippen MR) is 77.2 cm³/mol. The van der Waals surface area contributed by atoms with E-state index < -0.39 is 0 Å². The normalized spacial score (nSPS) is 19.7. The second-order valence-corrected chi connectivity index (χ2v) is 4.83. The first-order valence-corrected chi connectivity index (χ1v) is 6.70. The lowest BCUT2D eigenvalue weighted by molar-refractivity contribution is 0.649. The quantitative estimate of drug-likeness (QED) is 0.753. The molecule has 0 amide bonds. The molecule has 0 aromatic heterocycles. The van der Waals surface area contributed by atoms with Crippen molar-refractivity contribution in [1.82, 2.24) is 5.32 Å². The maximum Gasteiger partial charge on any atom is 0.0302 e. The van der Waals surface area contributed by atoms with Gasteiger partial charge in [-0.1, -0.05) is 49.4 Å². The van der Waals surface area contributed by atoms with Crippen molar-refractivity contribution >= 4 is 0 Å². The molecule has 2 atom stereocenters. The Hall–Kier alpha value is -1.54. The van der Waals surface area contributed by atoms with Crippen LogP contribution in [-0.4, -0.2) is 13.1 Å². The van der Waals surface area contributed by atoms with Gasteiger partial charge in [0.1, 0.15) is 0 Å². The highest BCUT2D eigenvalue weighted by Gasteiger charge is 2.17. The zero-order valence-electron chi connectivity index (χ0n) is 11.0. The fourth-order valence-corrected chi connectivity index (χ4v) is 2.28. The Morgan fingerprint density at radius 1 is 1.28 bits per heavy atom. The number of hydrogen-bond donors (Lipinski definition) is 2. The average Bonchev–Trinajstić information content (AvgIpc) is 2.88. The minimum absolute atomic E-state index is 0.493. The Kier molecular flexibility index (Phi) is 4.59. The van der Waals surface area contributed by atoms with Gasteiger partial charge in [-0.3, -0.25) is 0 Å². The molecule has 1 aliphatic rings. The van der Waals surface area contributed by atoms with E-state index in [-0.39, 0.29) is 0 Å². The van der Waals surface area contributed by atoms with Gasteiger partial charge in [0.25, 0.3) is 0 Å². The van der Waals surface area contributed by atoms with Crippen LogP contribution in [0.25, 0.3) is 0 Å². The van der Waals surface area contributed by atoms with Crippen LogP contribution in [-0.2, 0) is 0 Å². The Balaban J connectivity index is 1.94. The van der Waals surface area contributed by atoms with Crippen molar-refractivity contribution in [3.63, 3.8) is 0 Å². The SMILES string of the molecule is CC(c1ccccc1)C1C=CC(NCCCN)=C1. The summed E-state index contributed by atoms with van der Waals surface area (Å²) < 4.78 is 0. The van der Waals surface area contributed by atoms with Crippen LogP contribution in [0.2, 0.25) is 0 Å². The molecule has 1 aromatic rings.